The lowest BCUT2D eigenvalue weighted by molar-refractivity contribution is 0.0223. The van der Waals surface area contributed by atoms with Gasteiger partial charge in [0.15, 0.2) is 0 Å². The van der Waals surface area contributed by atoms with Crippen LogP contribution in [0.5, 0.6) is 0 Å². The maximum atomic E-state index is 12.0. The van der Waals surface area contributed by atoms with Gasteiger partial charge in [0, 0.05) is 25.0 Å². The molecule has 0 spiro atoms. The molecular formula is C14H20N2O2. The highest BCUT2D eigenvalue weighted by atomic mass is 16.6. The number of ether oxygens (including phenoxy) is 1. The Morgan fingerprint density at radius 2 is 2.11 bits per heavy atom. The molecule has 0 radical (unpaired) electrons. The van der Waals surface area contributed by atoms with Crippen molar-refractivity contribution in [2.45, 2.75) is 46.3 Å². The second kappa shape index (κ2) is 4.59. The van der Waals surface area contributed by atoms with E-state index in [1.807, 2.05) is 40.0 Å². The van der Waals surface area contributed by atoms with Crippen molar-refractivity contribution in [3.63, 3.8) is 0 Å². The Labute approximate surface area is 108 Å². The van der Waals surface area contributed by atoms with Gasteiger partial charge in [-0.1, -0.05) is 0 Å². The van der Waals surface area contributed by atoms with E-state index in [0.717, 1.165) is 12.1 Å². The Morgan fingerprint density at radius 3 is 2.78 bits per heavy atom. The number of pyridine rings is 1. The maximum Gasteiger partial charge on any atom is 0.410 e. The molecule has 98 valence electrons. The predicted molar refractivity (Wildman–Crippen MR) is 69.3 cm³/mol. The molecule has 1 amide bonds. The molecule has 0 saturated heterocycles. The fourth-order valence-electron chi connectivity index (χ4n) is 2.04. The van der Waals surface area contributed by atoms with Gasteiger partial charge in [-0.3, -0.25) is 4.98 Å². The highest BCUT2D eigenvalue weighted by Crippen LogP contribution is 2.20. The Hall–Kier alpha value is -1.58. The topological polar surface area (TPSA) is 42.4 Å². The van der Waals surface area contributed by atoms with Crippen LogP contribution in [0.4, 0.5) is 4.79 Å². The van der Waals surface area contributed by atoms with Crippen LogP contribution in [0, 0.1) is 6.92 Å². The van der Waals surface area contributed by atoms with Crippen LogP contribution in [0.3, 0.4) is 0 Å². The monoisotopic (exact) mass is 248 g/mol. The van der Waals surface area contributed by atoms with Gasteiger partial charge >= 0.3 is 6.09 Å². The summed E-state index contributed by atoms with van der Waals surface area (Å²) >= 11 is 0. The molecular weight excluding hydrogens is 228 g/mol. The number of hydrogen-bond acceptors (Lipinski definition) is 3. The zero-order valence-electron chi connectivity index (χ0n) is 11.5. The number of carbonyl (C=O) groups excluding carboxylic acids is 1. The van der Waals surface area contributed by atoms with Crippen LogP contribution in [0.2, 0.25) is 0 Å². The molecule has 0 fully saturated rings. The average molecular weight is 248 g/mol. The highest BCUT2D eigenvalue weighted by molar-refractivity contribution is 5.68. The van der Waals surface area contributed by atoms with Crippen LogP contribution in [-0.4, -0.2) is 28.1 Å². The lowest BCUT2D eigenvalue weighted by Crippen LogP contribution is -2.39. The smallest absolute Gasteiger partial charge is 0.410 e. The Kier molecular flexibility index (Phi) is 3.28. The summed E-state index contributed by atoms with van der Waals surface area (Å²) in [5.41, 5.74) is 2.96. The first-order chi connectivity index (χ1) is 8.35. The van der Waals surface area contributed by atoms with Gasteiger partial charge in [0.05, 0.1) is 0 Å². The Morgan fingerprint density at radius 1 is 1.39 bits per heavy atom. The van der Waals surface area contributed by atoms with Crippen molar-refractivity contribution in [3.8, 4) is 0 Å². The van der Waals surface area contributed by atoms with Gasteiger partial charge in [-0.05, 0) is 51.3 Å². The van der Waals surface area contributed by atoms with Crippen molar-refractivity contribution in [1.82, 2.24) is 9.88 Å². The van der Waals surface area contributed by atoms with Gasteiger partial charge < -0.3 is 9.64 Å². The molecule has 0 N–H and O–H groups in total. The Balaban J connectivity index is 2.09. The van der Waals surface area contributed by atoms with E-state index >= 15 is 0 Å². The molecule has 1 aromatic rings. The minimum absolute atomic E-state index is 0.234. The summed E-state index contributed by atoms with van der Waals surface area (Å²) in [6.45, 7) is 8.94. The number of rotatable bonds is 0. The van der Waals surface area contributed by atoms with E-state index in [4.69, 9.17) is 4.74 Å². The van der Waals surface area contributed by atoms with E-state index in [-0.39, 0.29) is 6.09 Å². The van der Waals surface area contributed by atoms with E-state index in [0.29, 0.717) is 13.1 Å². The van der Waals surface area contributed by atoms with Crippen LogP contribution < -0.4 is 0 Å². The molecule has 0 bridgehead atoms. The Bertz CT molecular complexity index is 463. The average Bonchev–Trinajstić information content (AvgIpc) is 2.25. The minimum Gasteiger partial charge on any atom is -0.444 e. The standard InChI is InChI=1S/C14H20N2O2/c1-10-7-12-9-16(6-5-11(12)8-15-10)13(17)18-14(2,3)4/h7-8H,5-6,9H2,1-4H3. The van der Waals surface area contributed by atoms with Gasteiger partial charge in [0.1, 0.15) is 5.60 Å². The summed E-state index contributed by atoms with van der Waals surface area (Å²) in [6, 6.07) is 2.05. The highest BCUT2D eigenvalue weighted by Gasteiger charge is 2.25. The van der Waals surface area contributed by atoms with E-state index in [1.54, 1.807) is 4.90 Å². The maximum absolute atomic E-state index is 12.0. The third-order valence-corrected chi connectivity index (χ3v) is 2.88. The van der Waals surface area contributed by atoms with Crippen molar-refractivity contribution in [2.75, 3.05) is 6.54 Å². The molecule has 0 aliphatic carbocycles. The fourth-order valence-corrected chi connectivity index (χ4v) is 2.04. The van der Waals surface area contributed by atoms with Crippen molar-refractivity contribution in [1.29, 1.82) is 0 Å². The second-order valence-corrected chi connectivity index (χ2v) is 5.75. The summed E-state index contributed by atoms with van der Waals surface area (Å²) in [7, 11) is 0. The largest absolute Gasteiger partial charge is 0.444 e. The fraction of sp³-hybridized carbons (Fsp3) is 0.571. The summed E-state index contributed by atoms with van der Waals surface area (Å²) in [6.07, 6.45) is 2.53. The number of aromatic nitrogens is 1. The lowest BCUT2D eigenvalue weighted by Gasteiger charge is -2.31. The molecule has 0 aromatic carbocycles. The summed E-state index contributed by atoms with van der Waals surface area (Å²) in [4.78, 5) is 18.0. The van der Waals surface area contributed by atoms with Crippen molar-refractivity contribution >= 4 is 6.09 Å². The SMILES string of the molecule is Cc1cc2c(cn1)CCN(C(=O)OC(C)(C)C)C2. The number of amides is 1. The van der Waals surface area contributed by atoms with Gasteiger partial charge in [0.25, 0.3) is 0 Å². The molecule has 0 atom stereocenters. The van der Waals surface area contributed by atoms with Crippen LogP contribution in [0.1, 0.15) is 37.6 Å². The summed E-state index contributed by atoms with van der Waals surface area (Å²) in [5, 5.41) is 0. The summed E-state index contributed by atoms with van der Waals surface area (Å²) < 4.78 is 5.39. The quantitative estimate of drug-likeness (QED) is 0.709. The second-order valence-electron chi connectivity index (χ2n) is 5.75. The van der Waals surface area contributed by atoms with E-state index in [9.17, 15) is 4.79 Å². The van der Waals surface area contributed by atoms with E-state index < -0.39 is 5.60 Å². The zero-order valence-corrected chi connectivity index (χ0v) is 11.5. The molecule has 2 heterocycles. The predicted octanol–water partition coefficient (Wildman–Crippen LogP) is 2.68. The third-order valence-electron chi connectivity index (χ3n) is 2.88. The molecule has 0 unspecified atom stereocenters. The molecule has 2 rings (SSSR count). The molecule has 18 heavy (non-hydrogen) atoms. The van der Waals surface area contributed by atoms with Crippen molar-refractivity contribution in [3.05, 3.63) is 29.1 Å². The van der Waals surface area contributed by atoms with Crippen LogP contribution in [0.25, 0.3) is 0 Å². The number of carbonyl (C=O) groups is 1. The first-order valence-corrected chi connectivity index (χ1v) is 6.27. The number of fused-ring (bicyclic) bond motifs is 1. The molecule has 0 saturated carbocycles. The van der Waals surface area contributed by atoms with E-state index in [2.05, 4.69) is 4.98 Å². The van der Waals surface area contributed by atoms with E-state index in [1.165, 1.54) is 11.1 Å². The minimum atomic E-state index is -0.439. The summed E-state index contributed by atoms with van der Waals surface area (Å²) in [5.74, 6) is 0. The lowest BCUT2D eigenvalue weighted by atomic mass is 10.0. The third kappa shape index (κ3) is 3.00. The number of nitrogens with zero attached hydrogens (tertiary/aromatic N) is 2. The van der Waals surface area contributed by atoms with Crippen molar-refractivity contribution in [2.24, 2.45) is 0 Å². The van der Waals surface area contributed by atoms with Crippen molar-refractivity contribution < 1.29 is 9.53 Å². The van der Waals surface area contributed by atoms with Crippen LogP contribution >= 0.6 is 0 Å². The molecule has 4 heteroatoms. The first kappa shape index (κ1) is 12.9. The molecule has 1 aliphatic rings. The first-order valence-electron chi connectivity index (χ1n) is 6.27. The van der Waals surface area contributed by atoms with Crippen LogP contribution in [0.15, 0.2) is 12.3 Å². The molecule has 4 nitrogen and oxygen atoms in total. The van der Waals surface area contributed by atoms with Crippen LogP contribution in [-0.2, 0) is 17.7 Å². The van der Waals surface area contributed by atoms with Gasteiger partial charge in [-0.2, -0.15) is 0 Å². The van der Waals surface area contributed by atoms with Gasteiger partial charge in [-0.25, -0.2) is 4.79 Å². The molecule has 1 aromatic heterocycles. The number of aryl methyl sites for hydroxylation is 1. The normalized spacial score (nSPS) is 15.2. The van der Waals surface area contributed by atoms with Gasteiger partial charge in [-0.15, -0.1) is 0 Å². The zero-order chi connectivity index (χ0) is 13.3. The molecule has 1 aliphatic heterocycles. The number of hydrogen-bond donors (Lipinski definition) is 0. The van der Waals surface area contributed by atoms with Gasteiger partial charge in [0.2, 0.25) is 0 Å².